The summed E-state index contributed by atoms with van der Waals surface area (Å²) in [5.74, 6) is 0.711. The predicted octanol–water partition coefficient (Wildman–Crippen LogP) is 1.42. The van der Waals surface area contributed by atoms with E-state index in [1.165, 1.54) is 0 Å². The Morgan fingerprint density at radius 2 is 2.17 bits per heavy atom. The van der Waals surface area contributed by atoms with Crippen LogP contribution in [-0.4, -0.2) is 19.7 Å². The minimum absolute atomic E-state index is 0.711. The lowest BCUT2D eigenvalue weighted by Crippen LogP contribution is -1.97. The number of hydrogen-bond donors (Lipinski definition) is 0. The Balaban J connectivity index is 2.45. The maximum atomic E-state index is 4.08. The molecule has 0 atom stereocenters. The molecule has 0 aliphatic carbocycles. The Hall–Kier alpha value is -1.23. The monoisotopic (exact) mass is 224 g/mol. The third kappa shape index (κ3) is 1.35. The van der Waals surface area contributed by atoms with Gasteiger partial charge >= 0.3 is 0 Å². The minimum Gasteiger partial charge on any atom is -0.259 e. The average molecular weight is 225 g/mol. The molecule has 4 nitrogen and oxygen atoms in total. The molecule has 2 rings (SSSR count). The Kier molecular flexibility index (Phi) is 1.87. The van der Waals surface area contributed by atoms with Crippen LogP contribution in [0.15, 0.2) is 35.5 Å². The van der Waals surface area contributed by atoms with Gasteiger partial charge in [0.1, 0.15) is 0 Å². The minimum atomic E-state index is 0.711. The fraction of sp³-hybridized carbons (Fsp3) is 0. The lowest BCUT2D eigenvalue weighted by atomic mass is 10.6. The van der Waals surface area contributed by atoms with E-state index < -0.39 is 0 Å². The Morgan fingerprint density at radius 3 is 2.75 bits per heavy atom. The molecule has 2 aromatic rings. The molecule has 0 radical (unpaired) electrons. The highest BCUT2D eigenvalue weighted by Crippen LogP contribution is 2.08. The van der Waals surface area contributed by atoms with E-state index in [1.807, 2.05) is 6.20 Å². The van der Waals surface area contributed by atoms with Gasteiger partial charge in [-0.2, -0.15) is 5.10 Å². The van der Waals surface area contributed by atoms with Crippen molar-refractivity contribution in [1.82, 2.24) is 19.7 Å². The van der Waals surface area contributed by atoms with Gasteiger partial charge in [-0.3, -0.25) is 4.98 Å². The average Bonchev–Trinajstić information content (AvgIpc) is 2.54. The van der Waals surface area contributed by atoms with Crippen LogP contribution in [0.25, 0.3) is 5.82 Å². The molecular weight excluding hydrogens is 220 g/mol. The molecule has 2 heterocycles. The molecule has 5 heteroatoms. The van der Waals surface area contributed by atoms with Crippen molar-refractivity contribution in [3.63, 3.8) is 0 Å². The third-order valence-corrected chi connectivity index (χ3v) is 1.74. The molecule has 0 spiro atoms. The van der Waals surface area contributed by atoms with Gasteiger partial charge in [0.25, 0.3) is 0 Å². The Labute approximate surface area is 77.4 Å². The van der Waals surface area contributed by atoms with E-state index in [2.05, 4.69) is 31.0 Å². The Bertz CT molecular complexity index is 370. The van der Waals surface area contributed by atoms with E-state index in [0.717, 1.165) is 4.47 Å². The third-order valence-electron chi connectivity index (χ3n) is 1.34. The predicted molar refractivity (Wildman–Crippen MR) is 46.9 cm³/mol. The molecule has 0 amide bonds. The summed E-state index contributed by atoms with van der Waals surface area (Å²) in [6.45, 7) is 0. The summed E-state index contributed by atoms with van der Waals surface area (Å²) in [5.41, 5.74) is 0. The first kappa shape index (κ1) is 7.42. The highest BCUT2D eigenvalue weighted by molar-refractivity contribution is 9.10. The molecule has 0 aliphatic rings. The number of nitrogens with zero attached hydrogens (tertiary/aromatic N) is 4. The quantitative estimate of drug-likeness (QED) is 0.737. The van der Waals surface area contributed by atoms with Crippen LogP contribution in [0, 0.1) is 0 Å². The second-order valence-corrected chi connectivity index (χ2v) is 3.08. The largest absolute Gasteiger partial charge is 0.259 e. The molecule has 0 bridgehead atoms. The van der Waals surface area contributed by atoms with Crippen molar-refractivity contribution in [3.05, 3.63) is 35.5 Å². The smallest absolute Gasteiger partial charge is 0.171 e. The van der Waals surface area contributed by atoms with Crippen LogP contribution in [0.4, 0.5) is 0 Å². The number of aromatic nitrogens is 4. The van der Waals surface area contributed by atoms with Crippen molar-refractivity contribution in [1.29, 1.82) is 0 Å². The molecule has 0 N–H and O–H groups in total. The second-order valence-electron chi connectivity index (χ2n) is 2.17. The van der Waals surface area contributed by atoms with Gasteiger partial charge in [-0.15, -0.1) is 0 Å². The van der Waals surface area contributed by atoms with Gasteiger partial charge < -0.3 is 0 Å². The van der Waals surface area contributed by atoms with Crippen LogP contribution in [0.1, 0.15) is 0 Å². The standard InChI is InChI=1S/C7H5BrN4/c8-6-3-11-12(5-6)7-4-9-1-2-10-7/h1-5H. The molecule has 0 aromatic carbocycles. The van der Waals surface area contributed by atoms with Crippen LogP contribution >= 0.6 is 15.9 Å². The number of hydrogen-bond acceptors (Lipinski definition) is 3. The van der Waals surface area contributed by atoms with Crippen molar-refractivity contribution in [3.8, 4) is 5.82 Å². The van der Waals surface area contributed by atoms with Crippen molar-refractivity contribution in [2.75, 3.05) is 0 Å². The van der Waals surface area contributed by atoms with Gasteiger partial charge in [-0.05, 0) is 15.9 Å². The summed E-state index contributed by atoms with van der Waals surface area (Å²) in [4.78, 5) is 8.01. The van der Waals surface area contributed by atoms with Crippen LogP contribution < -0.4 is 0 Å². The summed E-state index contributed by atoms with van der Waals surface area (Å²) in [6.07, 6.45) is 8.44. The van der Waals surface area contributed by atoms with Crippen molar-refractivity contribution >= 4 is 15.9 Å². The zero-order valence-electron chi connectivity index (χ0n) is 6.05. The first-order valence-electron chi connectivity index (χ1n) is 3.33. The summed E-state index contributed by atoms with van der Waals surface area (Å²) < 4.78 is 2.57. The van der Waals surface area contributed by atoms with Gasteiger partial charge in [-0.1, -0.05) is 0 Å². The van der Waals surface area contributed by atoms with Crippen molar-refractivity contribution in [2.45, 2.75) is 0 Å². The molecular formula is C7H5BrN4. The Morgan fingerprint density at radius 1 is 1.25 bits per heavy atom. The SMILES string of the molecule is Brc1cnn(-c2cnccn2)c1. The first-order chi connectivity index (χ1) is 5.86. The second kappa shape index (κ2) is 3.02. The summed E-state index contributed by atoms with van der Waals surface area (Å²) in [6, 6.07) is 0. The topological polar surface area (TPSA) is 43.6 Å². The number of halogens is 1. The molecule has 0 aliphatic heterocycles. The van der Waals surface area contributed by atoms with Crippen LogP contribution in [0.2, 0.25) is 0 Å². The van der Waals surface area contributed by atoms with E-state index in [-0.39, 0.29) is 0 Å². The molecule has 2 aromatic heterocycles. The van der Waals surface area contributed by atoms with E-state index in [9.17, 15) is 0 Å². The molecule has 12 heavy (non-hydrogen) atoms. The first-order valence-corrected chi connectivity index (χ1v) is 4.12. The van der Waals surface area contributed by atoms with Gasteiger partial charge in [0.05, 0.1) is 16.9 Å². The lowest BCUT2D eigenvalue weighted by molar-refractivity contribution is 0.837. The highest BCUT2D eigenvalue weighted by atomic mass is 79.9. The highest BCUT2D eigenvalue weighted by Gasteiger charge is 1.97. The van der Waals surface area contributed by atoms with E-state index in [1.54, 1.807) is 29.5 Å². The summed E-state index contributed by atoms with van der Waals surface area (Å²) >= 11 is 3.30. The number of rotatable bonds is 1. The molecule has 0 saturated heterocycles. The maximum Gasteiger partial charge on any atom is 0.171 e. The van der Waals surface area contributed by atoms with Gasteiger partial charge in [0.2, 0.25) is 0 Å². The van der Waals surface area contributed by atoms with Gasteiger partial charge in [0, 0.05) is 18.6 Å². The van der Waals surface area contributed by atoms with Crippen molar-refractivity contribution < 1.29 is 0 Å². The zero-order chi connectivity index (χ0) is 8.39. The fourth-order valence-corrected chi connectivity index (χ4v) is 1.12. The van der Waals surface area contributed by atoms with Crippen LogP contribution in [0.5, 0.6) is 0 Å². The molecule has 0 saturated carbocycles. The summed E-state index contributed by atoms with van der Waals surface area (Å²) in [5, 5.41) is 4.05. The van der Waals surface area contributed by atoms with Gasteiger partial charge in [0.15, 0.2) is 5.82 Å². The zero-order valence-corrected chi connectivity index (χ0v) is 7.64. The normalized spacial score (nSPS) is 10.1. The van der Waals surface area contributed by atoms with E-state index >= 15 is 0 Å². The van der Waals surface area contributed by atoms with Crippen LogP contribution in [-0.2, 0) is 0 Å². The fourth-order valence-electron chi connectivity index (χ4n) is 0.836. The van der Waals surface area contributed by atoms with E-state index in [0.29, 0.717) is 5.82 Å². The summed E-state index contributed by atoms with van der Waals surface area (Å²) in [7, 11) is 0. The van der Waals surface area contributed by atoms with Crippen LogP contribution in [0.3, 0.4) is 0 Å². The van der Waals surface area contributed by atoms with E-state index in [4.69, 9.17) is 0 Å². The molecule has 0 unspecified atom stereocenters. The van der Waals surface area contributed by atoms with Gasteiger partial charge in [-0.25, -0.2) is 9.67 Å². The molecule has 0 fully saturated rings. The molecule has 60 valence electrons. The maximum absolute atomic E-state index is 4.08. The lowest BCUT2D eigenvalue weighted by Gasteiger charge is -1.95. The van der Waals surface area contributed by atoms with Crippen molar-refractivity contribution in [2.24, 2.45) is 0 Å².